The Hall–Kier alpha value is -3.36. The summed E-state index contributed by atoms with van der Waals surface area (Å²) in [6.07, 6.45) is 4.91. The van der Waals surface area contributed by atoms with Crippen LogP contribution in [0.5, 0.6) is 0 Å². The van der Waals surface area contributed by atoms with E-state index in [0.29, 0.717) is 34.8 Å². The number of amides is 3. The molecule has 1 fully saturated rings. The van der Waals surface area contributed by atoms with Gasteiger partial charge in [-0.05, 0) is 60.9 Å². The van der Waals surface area contributed by atoms with Crippen LogP contribution >= 0.6 is 11.6 Å². The molecule has 1 saturated carbocycles. The van der Waals surface area contributed by atoms with Gasteiger partial charge in [0.25, 0.3) is 0 Å². The van der Waals surface area contributed by atoms with E-state index in [1.54, 1.807) is 72.8 Å². The number of carbonyl (C=O) groups excluding carboxylic acids is 2. The summed E-state index contributed by atoms with van der Waals surface area (Å²) in [5.41, 5.74) is 1.43. The van der Waals surface area contributed by atoms with Crippen molar-refractivity contribution in [2.24, 2.45) is 0 Å². The molecule has 0 heterocycles. The molecule has 0 spiro atoms. The normalized spacial score (nSPS) is 15.1. The second-order valence-corrected chi connectivity index (χ2v) is 11.4. The summed E-state index contributed by atoms with van der Waals surface area (Å²) in [5, 5.41) is 9.18. The van der Waals surface area contributed by atoms with Crippen LogP contribution in [0.1, 0.15) is 32.1 Å². The zero-order chi connectivity index (χ0) is 25.8. The molecule has 188 valence electrons. The first kappa shape index (κ1) is 25.7. The Morgan fingerprint density at radius 1 is 0.806 bits per heavy atom. The lowest BCUT2D eigenvalue weighted by Gasteiger charge is -2.36. The van der Waals surface area contributed by atoms with E-state index in [1.165, 1.54) is 6.26 Å². The molecule has 0 aliphatic heterocycles. The van der Waals surface area contributed by atoms with E-state index in [9.17, 15) is 18.0 Å². The fraction of sp³-hybridized carbons (Fsp3) is 0.259. The van der Waals surface area contributed by atoms with Crippen molar-refractivity contribution in [1.82, 2.24) is 5.32 Å². The summed E-state index contributed by atoms with van der Waals surface area (Å²) in [4.78, 5) is 26.4. The van der Waals surface area contributed by atoms with Gasteiger partial charge in [0, 0.05) is 28.2 Å². The van der Waals surface area contributed by atoms with Crippen LogP contribution in [0.2, 0.25) is 5.02 Å². The van der Waals surface area contributed by atoms with Gasteiger partial charge in [0.05, 0.1) is 4.90 Å². The predicted molar refractivity (Wildman–Crippen MR) is 143 cm³/mol. The summed E-state index contributed by atoms with van der Waals surface area (Å²) >= 11 is 5.91. The Kier molecular flexibility index (Phi) is 7.66. The van der Waals surface area contributed by atoms with E-state index < -0.39 is 21.4 Å². The maximum Gasteiger partial charge on any atom is 0.320 e. The molecule has 7 nitrogen and oxygen atoms in total. The van der Waals surface area contributed by atoms with Crippen molar-refractivity contribution in [3.63, 3.8) is 0 Å². The quantitative estimate of drug-likeness (QED) is 0.374. The van der Waals surface area contributed by atoms with Gasteiger partial charge in [-0.25, -0.2) is 13.2 Å². The average molecular weight is 526 g/mol. The maximum atomic E-state index is 13.4. The first-order valence-corrected chi connectivity index (χ1v) is 14.0. The molecule has 3 aromatic rings. The Bertz CT molecular complexity index is 1350. The molecule has 1 aliphatic carbocycles. The van der Waals surface area contributed by atoms with Gasteiger partial charge in [-0.3, -0.25) is 4.79 Å². The Labute approximate surface area is 216 Å². The minimum absolute atomic E-state index is 0.249. The number of carbonyl (C=O) groups is 2. The molecular weight excluding hydrogens is 498 g/mol. The summed E-state index contributed by atoms with van der Waals surface area (Å²) in [6.45, 7) is 0. The molecule has 36 heavy (non-hydrogen) atoms. The van der Waals surface area contributed by atoms with E-state index in [0.717, 1.165) is 24.8 Å². The third-order valence-electron chi connectivity index (χ3n) is 6.34. The van der Waals surface area contributed by atoms with Crippen LogP contribution in [-0.4, -0.2) is 32.2 Å². The van der Waals surface area contributed by atoms with Crippen LogP contribution in [0, 0.1) is 0 Å². The summed E-state index contributed by atoms with van der Waals surface area (Å²) in [5.74, 6) is -0.280. The smallest absolute Gasteiger partial charge is 0.320 e. The van der Waals surface area contributed by atoms with E-state index >= 15 is 0 Å². The molecule has 1 aliphatic rings. The highest BCUT2D eigenvalue weighted by molar-refractivity contribution is 7.90. The number of hydrogen-bond acceptors (Lipinski definition) is 4. The lowest BCUT2D eigenvalue weighted by atomic mass is 9.81. The highest BCUT2D eigenvalue weighted by Gasteiger charge is 2.41. The summed E-state index contributed by atoms with van der Waals surface area (Å²) in [6, 6.07) is 20.1. The topological polar surface area (TPSA) is 104 Å². The number of hydrogen-bond donors (Lipinski definition) is 3. The van der Waals surface area contributed by atoms with Crippen LogP contribution in [0.4, 0.5) is 16.2 Å². The second kappa shape index (κ2) is 10.7. The molecule has 0 atom stereocenters. The molecule has 3 N–H and O–H groups in total. The zero-order valence-electron chi connectivity index (χ0n) is 19.9. The fourth-order valence-corrected chi connectivity index (χ4v) is 5.53. The van der Waals surface area contributed by atoms with Crippen LogP contribution in [0.3, 0.4) is 0 Å². The minimum atomic E-state index is -3.39. The van der Waals surface area contributed by atoms with Crippen molar-refractivity contribution >= 4 is 44.8 Å². The third-order valence-corrected chi connectivity index (χ3v) is 7.74. The lowest BCUT2D eigenvalue weighted by molar-refractivity contribution is -0.123. The van der Waals surface area contributed by atoms with Gasteiger partial charge in [-0.15, -0.1) is 0 Å². The molecule has 0 bridgehead atoms. The molecule has 9 heteroatoms. The van der Waals surface area contributed by atoms with Gasteiger partial charge >= 0.3 is 6.03 Å². The lowest BCUT2D eigenvalue weighted by Crippen LogP contribution is -2.58. The monoisotopic (exact) mass is 525 g/mol. The molecule has 0 saturated heterocycles. The Balaban J connectivity index is 1.50. The number of benzene rings is 3. The van der Waals surface area contributed by atoms with Crippen LogP contribution in [-0.2, 0) is 14.6 Å². The van der Waals surface area contributed by atoms with Crippen molar-refractivity contribution in [2.45, 2.75) is 42.5 Å². The number of rotatable bonds is 6. The van der Waals surface area contributed by atoms with Gasteiger partial charge in [0.15, 0.2) is 9.84 Å². The highest BCUT2D eigenvalue weighted by Crippen LogP contribution is 2.31. The van der Waals surface area contributed by atoms with Crippen LogP contribution < -0.4 is 16.0 Å². The summed E-state index contributed by atoms with van der Waals surface area (Å²) < 4.78 is 24.3. The van der Waals surface area contributed by atoms with Crippen LogP contribution in [0.25, 0.3) is 11.1 Å². The molecule has 0 radical (unpaired) electrons. The van der Waals surface area contributed by atoms with Gasteiger partial charge < -0.3 is 16.0 Å². The van der Waals surface area contributed by atoms with E-state index in [4.69, 9.17) is 11.6 Å². The van der Waals surface area contributed by atoms with Crippen LogP contribution in [0.15, 0.2) is 77.7 Å². The number of halogens is 1. The average Bonchev–Trinajstić information content (AvgIpc) is 2.86. The SMILES string of the molecule is CS(=O)(=O)c1ccccc1-c1ccc(NC(=O)C2(NC(=O)Nc3ccc(Cl)cc3)CCCCC2)cc1. The number of urea groups is 1. The number of sulfone groups is 1. The first-order valence-electron chi connectivity index (χ1n) is 11.7. The molecule has 3 aromatic carbocycles. The Morgan fingerprint density at radius 3 is 2.03 bits per heavy atom. The fourth-order valence-electron chi connectivity index (χ4n) is 4.49. The van der Waals surface area contributed by atoms with Gasteiger partial charge in [-0.2, -0.15) is 0 Å². The van der Waals surface area contributed by atoms with Gasteiger partial charge in [0.2, 0.25) is 5.91 Å². The first-order chi connectivity index (χ1) is 17.2. The predicted octanol–water partition coefficient (Wildman–Crippen LogP) is 5.87. The maximum absolute atomic E-state index is 13.4. The molecule has 0 unspecified atom stereocenters. The Morgan fingerprint density at radius 2 is 1.39 bits per heavy atom. The van der Waals surface area contributed by atoms with E-state index in [-0.39, 0.29) is 10.8 Å². The standard InChI is InChI=1S/C27H28ClN3O4S/c1-36(34,35)24-8-4-3-7-23(24)19-9-13-21(14-10-19)29-25(32)27(17-5-2-6-18-27)31-26(33)30-22-15-11-20(28)12-16-22/h3-4,7-16H,2,5-6,17-18H2,1H3,(H,29,32)(H2,30,31,33). The largest absolute Gasteiger partial charge is 0.324 e. The van der Waals surface area contributed by atoms with Gasteiger partial charge in [0.1, 0.15) is 5.54 Å². The molecule has 4 rings (SSSR count). The van der Waals surface area contributed by atoms with Crippen molar-refractivity contribution < 1.29 is 18.0 Å². The third kappa shape index (κ3) is 6.06. The van der Waals surface area contributed by atoms with Crippen molar-refractivity contribution in [1.29, 1.82) is 0 Å². The van der Waals surface area contributed by atoms with E-state index in [2.05, 4.69) is 16.0 Å². The molecule has 0 aromatic heterocycles. The number of anilines is 2. The zero-order valence-corrected chi connectivity index (χ0v) is 21.5. The van der Waals surface area contributed by atoms with Crippen molar-refractivity contribution in [2.75, 3.05) is 16.9 Å². The van der Waals surface area contributed by atoms with E-state index in [1.807, 2.05) is 0 Å². The second-order valence-electron chi connectivity index (χ2n) is 9.03. The highest BCUT2D eigenvalue weighted by atomic mass is 35.5. The van der Waals surface area contributed by atoms with Gasteiger partial charge in [-0.1, -0.05) is 61.2 Å². The van der Waals surface area contributed by atoms with Crippen molar-refractivity contribution in [3.05, 3.63) is 77.8 Å². The number of nitrogens with one attached hydrogen (secondary N) is 3. The summed E-state index contributed by atoms with van der Waals surface area (Å²) in [7, 11) is -3.39. The minimum Gasteiger partial charge on any atom is -0.324 e. The van der Waals surface area contributed by atoms with Crippen molar-refractivity contribution in [3.8, 4) is 11.1 Å². The molecule has 3 amide bonds. The molecular formula is C27H28ClN3O4S.